The molecule has 1 aliphatic heterocycles. The third kappa shape index (κ3) is 11.3. The number of ketones is 2. The van der Waals surface area contributed by atoms with Crippen molar-refractivity contribution in [1.29, 1.82) is 0 Å². The van der Waals surface area contributed by atoms with Gasteiger partial charge in [-0.25, -0.2) is 4.79 Å². The molecule has 6 atom stereocenters. The molecule has 0 fully saturated rings. The second-order valence-corrected chi connectivity index (χ2v) is 12.1. The summed E-state index contributed by atoms with van der Waals surface area (Å²) in [6.07, 6.45) is 7.54. The molecule has 2 amide bonds. The van der Waals surface area contributed by atoms with E-state index in [0.29, 0.717) is 25.1 Å². The summed E-state index contributed by atoms with van der Waals surface area (Å²) < 4.78 is 16.7. The van der Waals surface area contributed by atoms with Gasteiger partial charge in [0.1, 0.15) is 6.10 Å². The van der Waals surface area contributed by atoms with Gasteiger partial charge in [0.2, 0.25) is 11.6 Å². The van der Waals surface area contributed by atoms with Crippen molar-refractivity contribution in [3.63, 3.8) is 0 Å². The number of nitrogens with one attached hydrogen (secondary N) is 2. The number of aliphatic hydroxyl groups is 1. The van der Waals surface area contributed by atoms with Crippen LogP contribution in [0.5, 0.6) is 0 Å². The molecule has 12 heteroatoms. The van der Waals surface area contributed by atoms with Crippen LogP contribution in [-0.2, 0) is 28.6 Å². The lowest BCUT2D eigenvalue weighted by molar-refractivity contribution is -0.120. The number of hydrogen-bond acceptors (Lipinski definition) is 10. The molecule has 0 spiro atoms. The standard InChI is InChI=1S/C34H52N4O8/c1-20-16-24-29(37-15-10-8-7-9-14-35)26(39)19-25(31(24)41)38-33(42)21(2)12-11-13-27(44-5)32(46-34(36)43)23(4)18-22(3)30(40)28(17-20)45-6/h11-13,18-20,22,27-28,30,32,37,40H,7-10,14-17,35H2,1-6H3,(H2,36,43)(H,38,42)/b13-11+,21-12-,23-18+/t20-,22+,27+,28+,30-,32+/m1/s1. The molecule has 2 aliphatic rings. The van der Waals surface area contributed by atoms with Crippen molar-refractivity contribution in [2.24, 2.45) is 23.3 Å². The first kappa shape index (κ1) is 38.6. The molecular formula is C34H52N4O8. The zero-order chi connectivity index (χ0) is 34.4. The highest BCUT2D eigenvalue weighted by atomic mass is 16.6. The van der Waals surface area contributed by atoms with E-state index < -0.39 is 53.9 Å². The summed E-state index contributed by atoms with van der Waals surface area (Å²) in [6, 6.07) is 0. The van der Waals surface area contributed by atoms with Crippen LogP contribution in [0, 0.1) is 11.8 Å². The van der Waals surface area contributed by atoms with Crippen LogP contribution in [0.2, 0.25) is 0 Å². The third-order valence-corrected chi connectivity index (χ3v) is 8.23. The predicted molar refractivity (Wildman–Crippen MR) is 175 cm³/mol. The molecule has 2 bridgehead atoms. The minimum atomic E-state index is -0.997. The largest absolute Gasteiger partial charge is 0.439 e. The Balaban J connectivity index is 2.54. The maximum absolute atomic E-state index is 13.8. The number of rotatable bonds is 10. The lowest BCUT2D eigenvalue weighted by atomic mass is 9.85. The molecule has 46 heavy (non-hydrogen) atoms. The maximum Gasteiger partial charge on any atom is 0.405 e. The number of methoxy groups -OCH3 is 2. The number of nitrogens with two attached hydrogens (primary N) is 2. The van der Waals surface area contributed by atoms with E-state index in [1.807, 2.05) is 13.8 Å². The number of carbonyl (C=O) groups excluding carboxylic acids is 4. The Morgan fingerprint density at radius 1 is 1.09 bits per heavy atom. The Morgan fingerprint density at radius 3 is 2.41 bits per heavy atom. The smallest absolute Gasteiger partial charge is 0.405 e. The molecule has 0 radical (unpaired) electrons. The van der Waals surface area contributed by atoms with Crippen molar-refractivity contribution in [1.82, 2.24) is 10.6 Å². The van der Waals surface area contributed by atoms with E-state index in [2.05, 4.69) is 10.6 Å². The highest BCUT2D eigenvalue weighted by molar-refractivity contribution is 6.23. The first-order valence-corrected chi connectivity index (χ1v) is 15.9. The van der Waals surface area contributed by atoms with Crippen LogP contribution in [-0.4, -0.2) is 80.4 Å². The number of amides is 2. The fourth-order valence-electron chi connectivity index (χ4n) is 5.61. The van der Waals surface area contributed by atoms with Crippen LogP contribution in [0.15, 0.2) is 58.5 Å². The number of carbonyl (C=O) groups is 4. The minimum absolute atomic E-state index is 0.109. The summed E-state index contributed by atoms with van der Waals surface area (Å²) in [5, 5.41) is 17.1. The molecule has 1 heterocycles. The summed E-state index contributed by atoms with van der Waals surface area (Å²) in [4.78, 5) is 52.0. The van der Waals surface area contributed by atoms with Gasteiger partial charge < -0.3 is 41.4 Å². The third-order valence-electron chi connectivity index (χ3n) is 8.23. The Kier molecular flexibility index (Phi) is 16.1. The molecule has 0 aromatic heterocycles. The van der Waals surface area contributed by atoms with Crippen LogP contribution < -0.4 is 22.1 Å². The quantitative estimate of drug-likeness (QED) is 0.134. The number of fused-ring (bicyclic) bond motifs is 2. The van der Waals surface area contributed by atoms with Gasteiger partial charge in [-0.05, 0) is 57.6 Å². The zero-order valence-corrected chi connectivity index (χ0v) is 28.0. The zero-order valence-electron chi connectivity index (χ0n) is 28.0. The molecular weight excluding hydrogens is 592 g/mol. The van der Waals surface area contributed by atoms with Gasteiger partial charge in [0.25, 0.3) is 5.91 Å². The van der Waals surface area contributed by atoms with Crippen LogP contribution in [0.4, 0.5) is 4.79 Å². The number of ether oxygens (including phenoxy) is 3. The fourth-order valence-corrected chi connectivity index (χ4v) is 5.61. The van der Waals surface area contributed by atoms with Crippen molar-refractivity contribution >= 4 is 23.6 Å². The van der Waals surface area contributed by atoms with E-state index in [4.69, 9.17) is 25.7 Å². The van der Waals surface area contributed by atoms with Crippen molar-refractivity contribution in [2.75, 3.05) is 27.3 Å². The number of hydrogen-bond donors (Lipinski definition) is 5. The monoisotopic (exact) mass is 644 g/mol. The molecule has 0 aromatic rings. The van der Waals surface area contributed by atoms with Crippen molar-refractivity contribution < 1.29 is 38.5 Å². The summed E-state index contributed by atoms with van der Waals surface area (Å²) in [6.45, 7) is 8.17. The molecule has 0 saturated carbocycles. The summed E-state index contributed by atoms with van der Waals surface area (Å²) in [5.74, 6) is -2.04. The Morgan fingerprint density at radius 2 is 1.78 bits per heavy atom. The molecule has 7 N–H and O–H groups in total. The first-order chi connectivity index (χ1) is 21.8. The number of primary amides is 1. The van der Waals surface area contributed by atoms with Crippen LogP contribution in [0.25, 0.3) is 0 Å². The first-order valence-electron chi connectivity index (χ1n) is 15.9. The Hall–Kier alpha value is -3.58. The van der Waals surface area contributed by atoms with Gasteiger partial charge in [0.15, 0.2) is 6.10 Å². The average Bonchev–Trinajstić information content (AvgIpc) is 3.01. The highest BCUT2D eigenvalue weighted by Crippen LogP contribution is 2.29. The molecule has 0 aromatic carbocycles. The number of allylic oxidation sites excluding steroid dienone is 4. The van der Waals surface area contributed by atoms with Gasteiger partial charge in [-0.3, -0.25) is 14.4 Å². The second-order valence-electron chi connectivity index (χ2n) is 12.1. The van der Waals surface area contributed by atoms with E-state index in [1.54, 1.807) is 32.1 Å². The molecule has 2 rings (SSSR count). The average molecular weight is 645 g/mol. The Labute approximate surface area is 272 Å². The van der Waals surface area contributed by atoms with Gasteiger partial charge in [0, 0.05) is 43.9 Å². The van der Waals surface area contributed by atoms with E-state index in [0.717, 1.165) is 31.8 Å². The summed E-state index contributed by atoms with van der Waals surface area (Å²) in [7, 11) is 2.94. The van der Waals surface area contributed by atoms with Crippen molar-refractivity contribution in [3.8, 4) is 0 Å². The summed E-state index contributed by atoms with van der Waals surface area (Å²) in [5.41, 5.74) is 12.2. The van der Waals surface area contributed by atoms with E-state index in [9.17, 15) is 24.3 Å². The lowest BCUT2D eigenvalue weighted by Gasteiger charge is -2.30. The van der Waals surface area contributed by atoms with Crippen molar-refractivity contribution in [2.45, 2.75) is 90.6 Å². The number of aliphatic hydroxyl groups excluding tert-OH is 1. The second kappa shape index (κ2) is 19.2. The summed E-state index contributed by atoms with van der Waals surface area (Å²) >= 11 is 0. The molecule has 256 valence electrons. The molecule has 1 aliphatic carbocycles. The van der Waals surface area contributed by atoms with Gasteiger partial charge in [-0.1, -0.05) is 51.0 Å². The van der Waals surface area contributed by atoms with Crippen LogP contribution in [0.1, 0.15) is 66.2 Å². The number of unbranched alkanes of at least 4 members (excludes halogenated alkanes) is 3. The molecule has 0 unspecified atom stereocenters. The predicted octanol–water partition coefficient (Wildman–Crippen LogP) is 2.87. The molecule has 12 nitrogen and oxygen atoms in total. The molecule has 0 saturated heterocycles. The van der Waals surface area contributed by atoms with Crippen LogP contribution in [0.3, 0.4) is 0 Å². The highest BCUT2D eigenvalue weighted by Gasteiger charge is 2.33. The topological polar surface area (TPSA) is 192 Å². The van der Waals surface area contributed by atoms with Gasteiger partial charge in [0.05, 0.1) is 23.6 Å². The van der Waals surface area contributed by atoms with E-state index in [-0.39, 0.29) is 34.9 Å². The van der Waals surface area contributed by atoms with E-state index in [1.165, 1.54) is 20.3 Å². The minimum Gasteiger partial charge on any atom is -0.439 e. The van der Waals surface area contributed by atoms with Gasteiger partial charge in [-0.15, -0.1) is 0 Å². The van der Waals surface area contributed by atoms with E-state index >= 15 is 0 Å². The normalized spacial score (nSPS) is 30.0. The van der Waals surface area contributed by atoms with Gasteiger partial charge in [-0.2, -0.15) is 0 Å². The van der Waals surface area contributed by atoms with Gasteiger partial charge >= 0.3 is 6.09 Å². The SMILES string of the molecule is CO[C@H]1/C=C/C=C(/C)C(=O)NC2=CC(=O)C(NCCCCCCN)=C(C[C@@H](C)C[C@H](OC)[C@H](O)[C@@H](C)/C=C(\C)[C@@H]1OC(N)=O)C2=O. The maximum atomic E-state index is 13.8. The lowest BCUT2D eigenvalue weighted by Crippen LogP contribution is -2.38. The fraction of sp³-hybridized carbons (Fsp3) is 0.588. The van der Waals surface area contributed by atoms with Crippen LogP contribution >= 0.6 is 0 Å². The van der Waals surface area contributed by atoms with Crippen molar-refractivity contribution in [3.05, 3.63) is 58.5 Å². The Bertz CT molecular complexity index is 1250. The number of Topliss-reactive ketones (excluding diaryl/α,β-unsaturated/α-hetero) is 1.